The largest absolute Gasteiger partial charge is 0.359 e. The van der Waals surface area contributed by atoms with Crippen LogP contribution in [0.5, 0.6) is 0 Å². The summed E-state index contributed by atoms with van der Waals surface area (Å²) in [5.41, 5.74) is -0.565. The van der Waals surface area contributed by atoms with Gasteiger partial charge < -0.3 is 10.1 Å². The summed E-state index contributed by atoms with van der Waals surface area (Å²) in [4.78, 5) is 35.5. The Hall–Kier alpha value is -3.56. The number of amides is 1. The number of nitrogens with one attached hydrogen (secondary N) is 2. The highest BCUT2D eigenvalue weighted by molar-refractivity contribution is 6.30. The molecule has 0 saturated heterocycles. The van der Waals surface area contributed by atoms with Crippen molar-refractivity contribution in [1.29, 1.82) is 0 Å². The molecule has 2 heterocycles. The van der Waals surface area contributed by atoms with Gasteiger partial charge in [-0.3, -0.25) is 14.7 Å². The number of nitrogens with zero attached hydrogens (tertiary/aromatic N) is 3. The van der Waals surface area contributed by atoms with E-state index >= 15 is 0 Å². The number of benzene rings is 2. The lowest BCUT2D eigenvalue weighted by molar-refractivity contribution is -0.155. The monoisotopic (exact) mass is 535 g/mol. The zero-order valence-corrected chi connectivity index (χ0v) is 21.4. The van der Waals surface area contributed by atoms with Crippen molar-refractivity contribution in [2.75, 3.05) is 0 Å². The predicted octanol–water partition coefficient (Wildman–Crippen LogP) is 4.90. The zero-order chi connectivity index (χ0) is 26.3. The van der Waals surface area contributed by atoms with E-state index in [1.807, 2.05) is 30.3 Å². The van der Waals surface area contributed by atoms with Crippen LogP contribution >= 0.6 is 11.6 Å². The number of hydrogen-bond donors (Lipinski definition) is 2. The fourth-order valence-electron chi connectivity index (χ4n) is 5.29. The molecule has 6 rings (SSSR count). The summed E-state index contributed by atoms with van der Waals surface area (Å²) >= 11 is 6.01. The lowest BCUT2D eigenvalue weighted by atomic mass is 9.83. The van der Waals surface area contributed by atoms with E-state index in [9.17, 15) is 14.0 Å². The van der Waals surface area contributed by atoms with Gasteiger partial charge in [-0.2, -0.15) is 9.50 Å². The number of halogens is 2. The molecular weight excluding hydrogens is 509 g/mol. The van der Waals surface area contributed by atoms with E-state index in [1.54, 1.807) is 12.1 Å². The van der Waals surface area contributed by atoms with Gasteiger partial charge in [0.2, 0.25) is 0 Å². The minimum absolute atomic E-state index is 0.0226. The van der Waals surface area contributed by atoms with Gasteiger partial charge in [-0.15, -0.1) is 0 Å². The molecule has 0 atom stereocenters. The van der Waals surface area contributed by atoms with E-state index in [2.05, 4.69) is 20.4 Å². The van der Waals surface area contributed by atoms with Gasteiger partial charge in [-0.05, 0) is 31.7 Å². The fourth-order valence-corrected chi connectivity index (χ4v) is 5.46. The first kappa shape index (κ1) is 24.8. The molecule has 0 bridgehead atoms. The first-order chi connectivity index (χ1) is 18.4. The Kier molecular flexibility index (Phi) is 6.28. The number of aromatic nitrogens is 4. The van der Waals surface area contributed by atoms with Gasteiger partial charge >= 0.3 is 0 Å². The maximum atomic E-state index is 14.8. The van der Waals surface area contributed by atoms with Crippen LogP contribution in [0, 0.1) is 5.82 Å². The molecule has 0 aliphatic heterocycles. The van der Waals surface area contributed by atoms with Crippen molar-refractivity contribution in [1.82, 2.24) is 24.9 Å². The average molecular weight is 536 g/mol. The summed E-state index contributed by atoms with van der Waals surface area (Å²) in [6.07, 6.45) is 5.01. The highest BCUT2D eigenvalue weighted by atomic mass is 35.5. The quantitative estimate of drug-likeness (QED) is 0.350. The molecular formula is C28H27ClFN5O3. The smallest absolute Gasteiger partial charge is 0.274 e. The van der Waals surface area contributed by atoms with Gasteiger partial charge in [0.1, 0.15) is 11.4 Å². The van der Waals surface area contributed by atoms with Crippen molar-refractivity contribution >= 4 is 23.3 Å². The summed E-state index contributed by atoms with van der Waals surface area (Å²) in [5.74, 6) is -0.0136. The molecule has 38 heavy (non-hydrogen) atoms. The number of carbonyl (C=O) groups excluding carboxylic acids is 1. The van der Waals surface area contributed by atoms with Crippen LogP contribution in [0.25, 0.3) is 17.2 Å². The highest BCUT2D eigenvalue weighted by Crippen LogP contribution is 2.48. The summed E-state index contributed by atoms with van der Waals surface area (Å²) in [6.45, 7) is -0.0226. The molecule has 8 nitrogen and oxygen atoms in total. The van der Waals surface area contributed by atoms with Gasteiger partial charge in [0, 0.05) is 17.2 Å². The molecule has 2 fully saturated rings. The second-order valence-electron chi connectivity index (χ2n) is 10.1. The predicted molar refractivity (Wildman–Crippen MR) is 140 cm³/mol. The maximum Gasteiger partial charge on any atom is 0.274 e. The molecule has 2 saturated carbocycles. The number of H-pyrrole nitrogens is 1. The van der Waals surface area contributed by atoms with E-state index in [-0.39, 0.29) is 28.9 Å². The van der Waals surface area contributed by atoms with Crippen molar-refractivity contribution in [3.63, 3.8) is 0 Å². The van der Waals surface area contributed by atoms with Gasteiger partial charge in [-0.1, -0.05) is 73.3 Å². The molecule has 2 aliphatic carbocycles. The van der Waals surface area contributed by atoms with Crippen molar-refractivity contribution in [3.8, 4) is 11.4 Å². The summed E-state index contributed by atoms with van der Waals surface area (Å²) in [7, 11) is 0. The number of carbonyl (C=O) groups is 1. The van der Waals surface area contributed by atoms with Crippen LogP contribution in [0.1, 0.15) is 56.2 Å². The molecule has 2 aromatic carbocycles. The second-order valence-corrected chi connectivity index (χ2v) is 10.5. The molecule has 2 N–H and O–H groups in total. The third-order valence-electron chi connectivity index (χ3n) is 7.57. The zero-order valence-electron chi connectivity index (χ0n) is 20.7. The minimum Gasteiger partial charge on any atom is -0.359 e. The third kappa shape index (κ3) is 4.50. The molecule has 1 amide bonds. The van der Waals surface area contributed by atoms with Gasteiger partial charge in [0.05, 0.1) is 22.9 Å². The molecule has 196 valence electrons. The Bertz CT molecular complexity index is 1560. The van der Waals surface area contributed by atoms with Crippen molar-refractivity contribution in [2.24, 2.45) is 0 Å². The van der Waals surface area contributed by atoms with Crippen molar-refractivity contribution < 1.29 is 13.9 Å². The van der Waals surface area contributed by atoms with Crippen molar-refractivity contribution in [3.05, 3.63) is 87.0 Å². The number of hydrogen-bond acceptors (Lipinski definition) is 5. The van der Waals surface area contributed by atoms with E-state index < -0.39 is 17.0 Å². The molecule has 2 aliphatic rings. The Morgan fingerprint density at radius 3 is 2.55 bits per heavy atom. The summed E-state index contributed by atoms with van der Waals surface area (Å²) in [5, 5.41) is 6.11. The number of rotatable bonds is 7. The number of aromatic amines is 1. The first-order valence-corrected chi connectivity index (χ1v) is 13.2. The SMILES string of the molecule is O=C(NC1(c2cccc(Cl)c2F)CC1)C1(OCc2cc(=O)n3[nH]c(-c4ccccc4)nc3n2)CCCCC1. The maximum absolute atomic E-state index is 14.8. The second kappa shape index (κ2) is 9.63. The van der Waals surface area contributed by atoms with E-state index in [0.29, 0.717) is 42.8 Å². The Labute approximate surface area is 223 Å². The Morgan fingerprint density at radius 2 is 1.82 bits per heavy atom. The van der Waals surface area contributed by atoms with Crippen LogP contribution in [0.15, 0.2) is 59.4 Å². The Balaban J connectivity index is 1.24. The molecule has 4 aromatic rings. The molecule has 10 heteroatoms. The molecule has 2 aromatic heterocycles. The summed E-state index contributed by atoms with van der Waals surface area (Å²) < 4.78 is 22.4. The lowest BCUT2D eigenvalue weighted by Gasteiger charge is -2.37. The Morgan fingerprint density at radius 1 is 1.05 bits per heavy atom. The number of ether oxygens (including phenoxy) is 1. The molecule has 0 radical (unpaired) electrons. The molecule has 0 spiro atoms. The highest BCUT2D eigenvalue weighted by Gasteiger charge is 2.51. The topological polar surface area (TPSA) is 101 Å². The van der Waals surface area contributed by atoms with Crippen LogP contribution in [-0.2, 0) is 21.7 Å². The van der Waals surface area contributed by atoms with E-state index in [0.717, 1.165) is 24.8 Å². The third-order valence-corrected chi connectivity index (χ3v) is 7.86. The number of fused-ring (bicyclic) bond motifs is 1. The van der Waals surface area contributed by atoms with E-state index in [4.69, 9.17) is 16.3 Å². The molecule has 0 unspecified atom stereocenters. The summed E-state index contributed by atoms with van der Waals surface area (Å²) in [6, 6.07) is 15.7. The minimum atomic E-state index is -1.09. The standard InChI is InChI=1S/C28H27ClFN5O3/c29-21-11-7-10-20(23(21)30)27(14-15-27)33-25(37)28(12-5-2-6-13-28)38-17-19-16-22(36)35-26(31-19)32-24(34-35)18-8-3-1-4-9-18/h1,3-4,7-11,16H,2,5-6,12-15,17H2,(H,33,37)(H,31,32,34). The van der Waals surface area contributed by atoms with Crippen molar-refractivity contribution in [2.45, 2.75) is 62.7 Å². The van der Waals surface area contributed by atoms with Crippen LogP contribution in [0.4, 0.5) is 4.39 Å². The normalized spacial score (nSPS) is 17.8. The van der Waals surface area contributed by atoms with Gasteiger partial charge in [-0.25, -0.2) is 9.37 Å². The van der Waals surface area contributed by atoms with Gasteiger partial charge in [0.15, 0.2) is 5.82 Å². The fraction of sp³-hybridized carbons (Fsp3) is 0.357. The van der Waals surface area contributed by atoms with Gasteiger partial charge in [0.25, 0.3) is 17.2 Å². The average Bonchev–Trinajstić information content (AvgIpc) is 3.57. The van der Waals surface area contributed by atoms with Crippen LogP contribution in [0.3, 0.4) is 0 Å². The van der Waals surface area contributed by atoms with Crippen LogP contribution in [-0.4, -0.2) is 31.1 Å². The van der Waals surface area contributed by atoms with E-state index in [1.165, 1.54) is 16.6 Å². The first-order valence-electron chi connectivity index (χ1n) is 12.8. The van der Waals surface area contributed by atoms with Crippen LogP contribution in [0.2, 0.25) is 5.02 Å². The van der Waals surface area contributed by atoms with Crippen LogP contribution < -0.4 is 10.9 Å². The lowest BCUT2D eigenvalue weighted by Crippen LogP contribution is -2.53.